The SMILES string of the molecule is COC1(c2ncc(F)cc2F)C=CC=CC1C=O. The van der Waals surface area contributed by atoms with Crippen LogP contribution in [0.1, 0.15) is 5.69 Å². The Kier molecular flexibility index (Phi) is 3.34. The first-order valence-electron chi connectivity index (χ1n) is 5.32. The highest BCUT2D eigenvalue weighted by atomic mass is 19.1. The van der Waals surface area contributed by atoms with Gasteiger partial charge in [-0.1, -0.05) is 18.2 Å². The van der Waals surface area contributed by atoms with Crippen molar-refractivity contribution in [1.82, 2.24) is 4.98 Å². The third kappa shape index (κ3) is 1.86. The number of carbonyl (C=O) groups is 1. The molecule has 0 spiro atoms. The summed E-state index contributed by atoms with van der Waals surface area (Å²) in [5.74, 6) is -2.33. The first kappa shape index (κ1) is 12.6. The second-order valence-electron chi connectivity index (χ2n) is 3.89. The van der Waals surface area contributed by atoms with Gasteiger partial charge >= 0.3 is 0 Å². The van der Waals surface area contributed by atoms with Gasteiger partial charge in [0.25, 0.3) is 0 Å². The number of methoxy groups -OCH3 is 1. The highest BCUT2D eigenvalue weighted by Gasteiger charge is 2.41. The molecule has 94 valence electrons. The molecule has 1 heterocycles. The molecule has 0 aromatic carbocycles. The average molecular weight is 251 g/mol. The molecule has 3 nitrogen and oxygen atoms in total. The lowest BCUT2D eigenvalue weighted by Crippen LogP contribution is -2.38. The predicted molar refractivity (Wildman–Crippen MR) is 60.7 cm³/mol. The molecule has 5 heteroatoms. The van der Waals surface area contributed by atoms with Crippen LogP contribution in [-0.4, -0.2) is 18.4 Å². The Morgan fingerprint density at radius 2 is 2.22 bits per heavy atom. The molecule has 18 heavy (non-hydrogen) atoms. The molecule has 0 fully saturated rings. The minimum atomic E-state index is -1.33. The van der Waals surface area contributed by atoms with Crippen molar-refractivity contribution in [2.75, 3.05) is 7.11 Å². The van der Waals surface area contributed by atoms with E-state index in [1.54, 1.807) is 18.2 Å². The van der Waals surface area contributed by atoms with Crippen LogP contribution in [0.25, 0.3) is 0 Å². The molecule has 0 aliphatic heterocycles. The molecule has 2 atom stereocenters. The monoisotopic (exact) mass is 251 g/mol. The Labute approximate surface area is 103 Å². The summed E-state index contributed by atoms with van der Waals surface area (Å²) in [5, 5.41) is 0. The Hall–Kier alpha value is -1.88. The zero-order valence-electron chi connectivity index (χ0n) is 9.64. The maximum Gasteiger partial charge on any atom is 0.150 e. The van der Waals surface area contributed by atoms with Crippen LogP contribution in [0.15, 0.2) is 36.6 Å². The number of nitrogens with zero attached hydrogens (tertiary/aromatic N) is 1. The summed E-state index contributed by atoms with van der Waals surface area (Å²) in [7, 11) is 1.35. The van der Waals surface area contributed by atoms with E-state index in [4.69, 9.17) is 4.74 Å². The number of pyridine rings is 1. The van der Waals surface area contributed by atoms with Crippen LogP contribution < -0.4 is 0 Å². The standard InChI is InChI=1S/C13H11F2NO2/c1-18-13(5-3-2-4-9(13)8-17)12-11(15)6-10(14)7-16-12/h2-9H,1H3. The summed E-state index contributed by atoms with van der Waals surface area (Å²) in [4.78, 5) is 14.8. The third-order valence-electron chi connectivity index (χ3n) is 2.93. The Bertz CT molecular complexity index is 528. The Balaban J connectivity index is 2.59. The fraction of sp³-hybridized carbons (Fsp3) is 0.231. The highest BCUT2D eigenvalue weighted by Crippen LogP contribution is 2.37. The van der Waals surface area contributed by atoms with Gasteiger partial charge in [0.15, 0.2) is 5.82 Å². The first-order valence-corrected chi connectivity index (χ1v) is 5.32. The molecule has 1 aromatic rings. The first-order chi connectivity index (χ1) is 8.64. The van der Waals surface area contributed by atoms with E-state index in [0.717, 1.165) is 12.3 Å². The molecular formula is C13H11F2NO2. The Morgan fingerprint density at radius 1 is 1.44 bits per heavy atom. The van der Waals surface area contributed by atoms with Gasteiger partial charge in [0.1, 0.15) is 23.4 Å². The number of hydrogen-bond donors (Lipinski definition) is 0. The van der Waals surface area contributed by atoms with E-state index >= 15 is 0 Å². The van der Waals surface area contributed by atoms with Gasteiger partial charge in [-0.3, -0.25) is 4.98 Å². The molecule has 1 aromatic heterocycles. The summed E-state index contributed by atoms with van der Waals surface area (Å²) in [6, 6.07) is 0.719. The van der Waals surface area contributed by atoms with E-state index in [1.165, 1.54) is 13.2 Å². The summed E-state index contributed by atoms with van der Waals surface area (Å²) in [5.41, 5.74) is -1.43. The predicted octanol–water partition coefficient (Wildman–Crippen LogP) is 2.14. The lowest BCUT2D eigenvalue weighted by atomic mass is 9.81. The molecule has 0 radical (unpaired) electrons. The number of aromatic nitrogens is 1. The molecule has 0 saturated heterocycles. The average Bonchev–Trinajstić information content (AvgIpc) is 2.38. The van der Waals surface area contributed by atoms with Crippen molar-refractivity contribution in [3.63, 3.8) is 0 Å². The lowest BCUT2D eigenvalue weighted by molar-refractivity contribution is -0.117. The third-order valence-corrected chi connectivity index (χ3v) is 2.93. The lowest BCUT2D eigenvalue weighted by Gasteiger charge is -2.33. The van der Waals surface area contributed by atoms with Crippen molar-refractivity contribution >= 4 is 6.29 Å². The topological polar surface area (TPSA) is 39.2 Å². The van der Waals surface area contributed by atoms with Gasteiger partial charge < -0.3 is 9.53 Å². The maximum atomic E-state index is 13.8. The molecule has 0 N–H and O–H groups in total. The second-order valence-corrected chi connectivity index (χ2v) is 3.89. The van der Waals surface area contributed by atoms with Crippen LogP contribution in [0.3, 0.4) is 0 Å². The molecule has 1 aliphatic carbocycles. The van der Waals surface area contributed by atoms with E-state index in [1.807, 2.05) is 0 Å². The summed E-state index contributed by atoms with van der Waals surface area (Å²) < 4.78 is 32.0. The molecule has 2 rings (SSSR count). The van der Waals surface area contributed by atoms with E-state index in [-0.39, 0.29) is 5.69 Å². The van der Waals surface area contributed by atoms with Gasteiger partial charge in [0.2, 0.25) is 0 Å². The van der Waals surface area contributed by atoms with E-state index in [2.05, 4.69) is 4.98 Å². The maximum absolute atomic E-state index is 13.8. The van der Waals surface area contributed by atoms with Crippen LogP contribution in [0.4, 0.5) is 8.78 Å². The van der Waals surface area contributed by atoms with Crippen LogP contribution in [0, 0.1) is 17.6 Å². The van der Waals surface area contributed by atoms with Crippen molar-refractivity contribution in [3.8, 4) is 0 Å². The van der Waals surface area contributed by atoms with Crippen molar-refractivity contribution < 1.29 is 18.3 Å². The molecule has 0 bridgehead atoms. The number of allylic oxidation sites excluding steroid dienone is 2. The van der Waals surface area contributed by atoms with Crippen LogP contribution in [-0.2, 0) is 15.1 Å². The summed E-state index contributed by atoms with van der Waals surface area (Å²) in [6.45, 7) is 0. The second kappa shape index (κ2) is 4.78. The van der Waals surface area contributed by atoms with Gasteiger partial charge in [-0.05, 0) is 6.08 Å². The normalized spacial score (nSPS) is 26.3. The van der Waals surface area contributed by atoms with Crippen molar-refractivity contribution in [2.24, 2.45) is 5.92 Å². The molecule has 0 saturated carbocycles. The summed E-state index contributed by atoms with van der Waals surface area (Å²) >= 11 is 0. The molecular weight excluding hydrogens is 240 g/mol. The van der Waals surface area contributed by atoms with Crippen molar-refractivity contribution in [2.45, 2.75) is 5.60 Å². The van der Waals surface area contributed by atoms with E-state index in [0.29, 0.717) is 6.29 Å². The van der Waals surface area contributed by atoms with Crippen LogP contribution in [0.2, 0.25) is 0 Å². The van der Waals surface area contributed by atoms with Gasteiger partial charge in [-0.15, -0.1) is 0 Å². The van der Waals surface area contributed by atoms with Gasteiger partial charge in [-0.25, -0.2) is 8.78 Å². The quantitative estimate of drug-likeness (QED) is 0.773. The Morgan fingerprint density at radius 3 is 2.83 bits per heavy atom. The fourth-order valence-corrected chi connectivity index (χ4v) is 2.02. The minimum Gasteiger partial charge on any atom is -0.367 e. The molecule has 2 unspecified atom stereocenters. The number of aldehydes is 1. The molecule has 0 amide bonds. The van der Waals surface area contributed by atoms with Gasteiger partial charge in [0.05, 0.1) is 12.1 Å². The zero-order chi connectivity index (χ0) is 13.2. The zero-order valence-corrected chi connectivity index (χ0v) is 9.64. The number of carbonyl (C=O) groups excluding carboxylic acids is 1. The minimum absolute atomic E-state index is 0.107. The molecule has 1 aliphatic rings. The smallest absolute Gasteiger partial charge is 0.150 e. The van der Waals surface area contributed by atoms with E-state index in [9.17, 15) is 13.6 Å². The fourth-order valence-electron chi connectivity index (χ4n) is 2.02. The van der Waals surface area contributed by atoms with Gasteiger partial charge in [0, 0.05) is 13.2 Å². The van der Waals surface area contributed by atoms with E-state index < -0.39 is 23.2 Å². The number of halogens is 2. The summed E-state index contributed by atoms with van der Waals surface area (Å²) in [6.07, 6.45) is 7.96. The van der Waals surface area contributed by atoms with Gasteiger partial charge in [-0.2, -0.15) is 0 Å². The highest BCUT2D eigenvalue weighted by molar-refractivity contribution is 5.62. The number of hydrogen-bond acceptors (Lipinski definition) is 3. The van der Waals surface area contributed by atoms with Crippen molar-refractivity contribution in [3.05, 3.63) is 53.9 Å². The number of rotatable bonds is 3. The van der Waals surface area contributed by atoms with Crippen LogP contribution in [0.5, 0.6) is 0 Å². The number of ether oxygens (including phenoxy) is 1. The largest absolute Gasteiger partial charge is 0.367 e. The van der Waals surface area contributed by atoms with Crippen LogP contribution >= 0.6 is 0 Å². The van der Waals surface area contributed by atoms with Crippen molar-refractivity contribution in [1.29, 1.82) is 0 Å².